The van der Waals surface area contributed by atoms with Gasteiger partial charge >= 0.3 is 0 Å². The summed E-state index contributed by atoms with van der Waals surface area (Å²) >= 11 is 1.74. The molecule has 3 heteroatoms. The molecule has 0 saturated carbocycles. The van der Waals surface area contributed by atoms with Gasteiger partial charge in [0, 0.05) is 10.9 Å². The molecule has 0 saturated heterocycles. The number of benzene rings is 1. The highest BCUT2D eigenvalue weighted by Gasteiger charge is 2.40. The van der Waals surface area contributed by atoms with Crippen LogP contribution in [0.2, 0.25) is 0 Å². The summed E-state index contributed by atoms with van der Waals surface area (Å²) in [5.74, 6) is 0. The van der Waals surface area contributed by atoms with E-state index in [9.17, 15) is 5.11 Å². The Morgan fingerprint density at radius 2 is 2.11 bits per heavy atom. The summed E-state index contributed by atoms with van der Waals surface area (Å²) in [5, 5.41) is 12.9. The van der Waals surface area contributed by atoms with E-state index >= 15 is 0 Å². The molecule has 1 aliphatic carbocycles. The number of hydrogen-bond donors (Lipinski definition) is 2. The molecule has 2 unspecified atom stereocenters. The van der Waals surface area contributed by atoms with Crippen molar-refractivity contribution in [1.29, 1.82) is 0 Å². The lowest BCUT2D eigenvalue weighted by Gasteiger charge is -2.23. The normalized spacial score (nSPS) is 26.2. The van der Waals surface area contributed by atoms with Crippen LogP contribution in [0.3, 0.4) is 0 Å². The first-order valence-corrected chi connectivity index (χ1v) is 7.17. The van der Waals surface area contributed by atoms with Crippen molar-refractivity contribution in [1.82, 2.24) is 0 Å². The van der Waals surface area contributed by atoms with Gasteiger partial charge in [0.1, 0.15) is 0 Å². The average molecular weight is 259 g/mol. The fourth-order valence-corrected chi connectivity index (χ4v) is 3.56. The molecule has 1 aliphatic rings. The van der Waals surface area contributed by atoms with Crippen LogP contribution in [0.25, 0.3) is 0 Å². The van der Waals surface area contributed by atoms with Crippen molar-refractivity contribution < 1.29 is 5.11 Å². The van der Waals surface area contributed by atoms with Gasteiger partial charge in [-0.25, -0.2) is 0 Å². The number of hydrogen-bond acceptors (Lipinski definition) is 3. The monoisotopic (exact) mass is 259 g/mol. The molecule has 18 heavy (non-hydrogen) atoms. The lowest BCUT2D eigenvalue weighted by Crippen LogP contribution is -2.24. The molecule has 3 rings (SSSR count). The van der Waals surface area contributed by atoms with E-state index in [0.717, 1.165) is 24.0 Å². The maximum Gasteiger partial charge on any atom is 0.0921 e. The van der Waals surface area contributed by atoms with Crippen LogP contribution in [0.15, 0.2) is 41.8 Å². The topological polar surface area (TPSA) is 46.2 Å². The van der Waals surface area contributed by atoms with Crippen molar-refractivity contribution in [2.24, 2.45) is 5.73 Å². The first-order chi connectivity index (χ1) is 8.69. The number of thiophene rings is 1. The quantitative estimate of drug-likeness (QED) is 0.890. The van der Waals surface area contributed by atoms with E-state index < -0.39 is 5.60 Å². The van der Waals surface area contributed by atoms with Gasteiger partial charge in [0.05, 0.1) is 5.60 Å². The second-order valence-electron chi connectivity index (χ2n) is 5.01. The van der Waals surface area contributed by atoms with Crippen LogP contribution in [-0.2, 0) is 12.0 Å². The van der Waals surface area contributed by atoms with E-state index in [1.54, 1.807) is 11.3 Å². The van der Waals surface area contributed by atoms with Gasteiger partial charge in [0.2, 0.25) is 0 Å². The third-order valence-corrected chi connectivity index (χ3v) is 4.72. The van der Waals surface area contributed by atoms with Crippen LogP contribution < -0.4 is 5.73 Å². The van der Waals surface area contributed by atoms with Crippen molar-refractivity contribution in [2.45, 2.75) is 30.9 Å². The molecule has 0 amide bonds. The average Bonchev–Trinajstić information content (AvgIpc) is 2.97. The summed E-state index contributed by atoms with van der Waals surface area (Å²) in [4.78, 5) is 1.32. The molecule has 1 heterocycles. The van der Waals surface area contributed by atoms with E-state index in [4.69, 9.17) is 5.73 Å². The van der Waals surface area contributed by atoms with Gasteiger partial charge in [-0.05, 0) is 41.8 Å². The first kappa shape index (κ1) is 11.9. The van der Waals surface area contributed by atoms with Crippen LogP contribution in [-0.4, -0.2) is 5.11 Å². The van der Waals surface area contributed by atoms with Crippen LogP contribution in [0.5, 0.6) is 0 Å². The predicted molar refractivity (Wildman–Crippen MR) is 74.5 cm³/mol. The van der Waals surface area contributed by atoms with E-state index in [-0.39, 0.29) is 6.04 Å². The third kappa shape index (κ3) is 1.99. The molecule has 1 aromatic heterocycles. The smallest absolute Gasteiger partial charge is 0.0921 e. The van der Waals surface area contributed by atoms with Crippen molar-refractivity contribution in [3.63, 3.8) is 0 Å². The molecule has 94 valence electrons. The summed E-state index contributed by atoms with van der Waals surface area (Å²) in [6.07, 6.45) is 2.30. The Morgan fingerprint density at radius 3 is 2.89 bits per heavy atom. The molecule has 2 atom stereocenters. The standard InChI is InChI=1S/C15H17NOS/c16-14-10-15(17,8-7-11-4-3-9-18-11)13-6-2-1-5-12(13)14/h1-6,9,14,17H,7-8,10,16H2. The second-order valence-corrected chi connectivity index (χ2v) is 6.04. The Morgan fingerprint density at radius 1 is 1.28 bits per heavy atom. The molecule has 1 aromatic carbocycles. The third-order valence-electron chi connectivity index (χ3n) is 3.78. The van der Waals surface area contributed by atoms with E-state index in [2.05, 4.69) is 17.5 Å². The highest BCUT2D eigenvalue weighted by atomic mass is 32.1. The molecule has 0 fully saturated rings. The maximum absolute atomic E-state index is 10.8. The van der Waals surface area contributed by atoms with Crippen molar-refractivity contribution in [3.8, 4) is 0 Å². The first-order valence-electron chi connectivity index (χ1n) is 6.29. The van der Waals surface area contributed by atoms with E-state index in [0.29, 0.717) is 6.42 Å². The summed E-state index contributed by atoms with van der Waals surface area (Å²) < 4.78 is 0. The fraction of sp³-hybridized carbons (Fsp3) is 0.333. The minimum absolute atomic E-state index is 0.0328. The van der Waals surface area contributed by atoms with Crippen LogP contribution in [0.1, 0.15) is 34.9 Å². The van der Waals surface area contributed by atoms with Gasteiger partial charge in [-0.2, -0.15) is 0 Å². The zero-order valence-electron chi connectivity index (χ0n) is 10.2. The van der Waals surface area contributed by atoms with Crippen LogP contribution in [0, 0.1) is 0 Å². The Balaban J connectivity index is 1.83. The summed E-state index contributed by atoms with van der Waals surface area (Å²) in [6, 6.07) is 12.2. The molecule has 2 nitrogen and oxygen atoms in total. The Labute approximate surface area is 111 Å². The van der Waals surface area contributed by atoms with Crippen LogP contribution in [0.4, 0.5) is 0 Å². The molecule has 0 aliphatic heterocycles. The van der Waals surface area contributed by atoms with Crippen molar-refractivity contribution in [2.75, 3.05) is 0 Å². The summed E-state index contributed by atoms with van der Waals surface area (Å²) in [5.41, 5.74) is 7.49. The number of rotatable bonds is 3. The zero-order chi connectivity index (χ0) is 12.6. The molecule has 3 N–H and O–H groups in total. The Kier molecular flexibility index (Phi) is 2.98. The van der Waals surface area contributed by atoms with E-state index in [1.165, 1.54) is 4.88 Å². The summed E-state index contributed by atoms with van der Waals surface area (Å²) in [6.45, 7) is 0. The minimum atomic E-state index is -0.750. The molecule has 0 spiro atoms. The van der Waals surface area contributed by atoms with E-state index in [1.807, 2.05) is 24.3 Å². The lowest BCUT2D eigenvalue weighted by atomic mass is 9.90. The number of aryl methyl sites for hydroxylation is 1. The van der Waals surface area contributed by atoms with Gasteiger partial charge in [0.15, 0.2) is 0 Å². The lowest BCUT2D eigenvalue weighted by molar-refractivity contribution is 0.0253. The zero-order valence-corrected chi connectivity index (χ0v) is 11.0. The van der Waals surface area contributed by atoms with Gasteiger partial charge in [-0.15, -0.1) is 11.3 Å². The van der Waals surface area contributed by atoms with Crippen molar-refractivity contribution >= 4 is 11.3 Å². The second kappa shape index (κ2) is 4.50. The maximum atomic E-state index is 10.8. The van der Waals surface area contributed by atoms with Gasteiger partial charge in [-0.1, -0.05) is 30.3 Å². The number of nitrogens with two attached hydrogens (primary N) is 1. The summed E-state index contributed by atoms with van der Waals surface area (Å²) in [7, 11) is 0. The van der Waals surface area contributed by atoms with Gasteiger partial charge < -0.3 is 10.8 Å². The SMILES string of the molecule is NC1CC(O)(CCc2cccs2)c2ccccc21. The predicted octanol–water partition coefficient (Wildman–Crippen LogP) is 2.97. The van der Waals surface area contributed by atoms with Crippen LogP contribution >= 0.6 is 11.3 Å². The number of fused-ring (bicyclic) bond motifs is 1. The minimum Gasteiger partial charge on any atom is -0.385 e. The molecule has 0 radical (unpaired) electrons. The molecular formula is C15H17NOS. The highest BCUT2D eigenvalue weighted by molar-refractivity contribution is 7.09. The Bertz CT molecular complexity index is 537. The molecule has 2 aromatic rings. The van der Waals surface area contributed by atoms with Gasteiger partial charge in [-0.3, -0.25) is 0 Å². The molecular weight excluding hydrogens is 242 g/mol. The fourth-order valence-electron chi connectivity index (χ4n) is 2.85. The van der Waals surface area contributed by atoms with Gasteiger partial charge in [0.25, 0.3) is 0 Å². The molecule has 0 bridgehead atoms. The largest absolute Gasteiger partial charge is 0.385 e. The van der Waals surface area contributed by atoms with Crippen molar-refractivity contribution in [3.05, 3.63) is 57.8 Å². The number of aliphatic hydroxyl groups is 1. The highest BCUT2D eigenvalue weighted by Crippen LogP contribution is 2.44. The Hall–Kier alpha value is -1.16.